The quantitative estimate of drug-likeness (QED) is 0.372. The van der Waals surface area contributed by atoms with Gasteiger partial charge in [0, 0.05) is 16.7 Å². The molecule has 31 heavy (non-hydrogen) atoms. The number of hydrogen-bond acceptors (Lipinski definition) is 7. The maximum Gasteiger partial charge on any atom is 0.263 e. The lowest BCUT2D eigenvalue weighted by Crippen LogP contribution is -2.28. The van der Waals surface area contributed by atoms with Crippen molar-refractivity contribution in [3.05, 3.63) is 52.8 Å². The van der Waals surface area contributed by atoms with E-state index in [0.29, 0.717) is 11.4 Å². The molecule has 0 spiro atoms. The van der Waals surface area contributed by atoms with Gasteiger partial charge < -0.3 is 10.2 Å². The van der Waals surface area contributed by atoms with Crippen molar-refractivity contribution >= 4 is 45.5 Å². The fourth-order valence-corrected chi connectivity index (χ4v) is 4.77. The molecule has 0 heterocycles. The minimum absolute atomic E-state index is 0.0420. The first-order valence-electron chi connectivity index (χ1n) is 9.15. The van der Waals surface area contributed by atoms with Crippen LogP contribution in [0.3, 0.4) is 0 Å². The Bertz CT molecular complexity index is 1060. The summed E-state index contributed by atoms with van der Waals surface area (Å²) in [6, 6.07) is 10.4. The molecule has 166 valence electrons. The van der Waals surface area contributed by atoms with Crippen molar-refractivity contribution in [3.8, 4) is 6.07 Å². The number of nitrogens with one attached hydrogen (secondary N) is 2. The fourth-order valence-electron chi connectivity index (χ4n) is 2.65. The predicted octanol–water partition coefficient (Wildman–Crippen LogP) is 3.31. The molecule has 0 radical (unpaired) electrons. The number of sulfonamides is 1. The van der Waals surface area contributed by atoms with Crippen LogP contribution in [0.15, 0.2) is 46.2 Å². The normalized spacial score (nSPS) is 12.3. The van der Waals surface area contributed by atoms with Crippen LogP contribution in [-0.4, -0.2) is 52.2 Å². The van der Waals surface area contributed by atoms with Crippen LogP contribution in [0.4, 0.5) is 10.1 Å². The van der Waals surface area contributed by atoms with Crippen LogP contribution in [0.2, 0.25) is 5.02 Å². The Kier molecular flexibility index (Phi) is 9.13. The molecule has 2 rings (SSSR count). The lowest BCUT2D eigenvalue weighted by Gasteiger charge is -2.23. The number of halogens is 2. The third-order valence-corrected chi connectivity index (χ3v) is 6.97. The molecule has 2 aromatic rings. The van der Waals surface area contributed by atoms with Gasteiger partial charge in [0.2, 0.25) is 6.41 Å². The van der Waals surface area contributed by atoms with E-state index in [4.69, 9.17) is 11.6 Å². The molecule has 0 saturated heterocycles. The number of rotatable bonds is 11. The highest BCUT2D eigenvalue weighted by molar-refractivity contribution is 7.99. The lowest BCUT2D eigenvalue weighted by molar-refractivity contribution is -0.108. The number of hydrogen-bond donors (Lipinski definition) is 2. The number of carbonyl (C=O) groups is 1. The van der Waals surface area contributed by atoms with Crippen LogP contribution >= 0.6 is 23.4 Å². The number of amides is 1. The van der Waals surface area contributed by atoms with E-state index in [9.17, 15) is 22.9 Å². The van der Waals surface area contributed by atoms with Gasteiger partial charge in [-0.05, 0) is 63.5 Å². The number of nitrogens with zero attached hydrogens (tertiary/aromatic N) is 2. The molecule has 0 saturated carbocycles. The molecular weight excluding hydrogens is 463 g/mol. The molecule has 11 heteroatoms. The Labute approximate surface area is 190 Å². The van der Waals surface area contributed by atoms with Gasteiger partial charge in [-0.25, -0.2) is 12.8 Å². The molecule has 0 aliphatic heterocycles. The number of nitriles is 1. The first kappa shape index (κ1) is 24.9. The Morgan fingerprint density at radius 3 is 2.55 bits per heavy atom. The molecule has 0 bridgehead atoms. The van der Waals surface area contributed by atoms with E-state index in [1.165, 1.54) is 30.0 Å². The van der Waals surface area contributed by atoms with Gasteiger partial charge in [-0.3, -0.25) is 9.52 Å². The molecule has 0 aromatic heterocycles. The zero-order valence-corrected chi connectivity index (χ0v) is 19.3. The number of anilines is 1. The maximum atomic E-state index is 13.1. The molecule has 0 aliphatic rings. The second-order valence-electron chi connectivity index (χ2n) is 6.88. The summed E-state index contributed by atoms with van der Waals surface area (Å²) in [5.74, 6) is 0.295. The lowest BCUT2D eigenvalue weighted by atomic mass is 10.1. The summed E-state index contributed by atoms with van der Waals surface area (Å²) in [4.78, 5) is 13.2. The van der Waals surface area contributed by atoms with Gasteiger partial charge >= 0.3 is 0 Å². The van der Waals surface area contributed by atoms with Crippen LogP contribution < -0.4 is 10.0 Å². The van der Waals surface area contributed by atoms with E-state index in [1.807, 2.05) is 25.1 Å². The van der Waals surface area contributed by atoms with Crippen LogP contribution in [0.1, 0.15) is 12.0 Å². The van der Waals surface area contributed by atoms with E-state index in [-0.39, 0.29) is 33.8 Å². The summed E-state index contributed by atoms with van der Waals surface area (Å²) in [6.45, 7) is 0.761. The summed E-state index contributed by atoms with van der Waals surface area (Å²) < 4.78 is 39.0. The summed E-state index contributed by atoms with van der Waals surface area (Å²) >= 11 is 7.83. The van der Waals surface area contributed by atoms with Crippen molar-refractivity contribution < 1.29 is 17.6 Å². The highest BCUT2D eigenvalue weighted by Gasteiger charge is 2.20. The summed E-state index contributed by atoms with van der Waals surface area (Å²) in [5.41, 5.74) is 0.359. The molecule has 2 aromatic carbocycles. The van der Waals surface area contributed by atoms with Gasteiger partial charge in [-0.1, -0.05) is 11.6 Å². The summed E-state index contributed by atoms with van der Waals surface area (Å²) in [5, 5.41) is 12.8. The minimum Gasteiger partial charge on any atom is -0.379 e. The Balaban J connectivity index is 2.28. The van der Waals surface area contributed by atoms with E-state index < -0.39 is 10.0 Å². The average Bonchev–Trinajstić information content (AvgIpc) is 2.71. The van der Waals surface area contributed by atoms with Crippen LogP contribution in [0, 0.1) is 17.1 Å². The molecular formula is C20H22ClFN4O3S2. The predicted molar refractivity (Wildman–Crippen MR) is 120 cm³/mol. The third-order valence-electron chi connectivity index (χ3n) is 4.24. The molecule has 7 nitrogen and oxygen atoms in total. The van der Waals surface area contributed by atoms with Crippen molar-refractivity contribution in [3.63, 3.8) is 0 Å². The second-order valence-corrected chi connectivity index (χ2v) is 10.1. The molecule has 1 amide bonds. The van der Waals surface area contributed by atoms with Crippen molar-refractivity contribution in [1.82, 2.24) is 9.62 Å². The Morgan fingerprint density at radius 1 is 1.29 bits per heavy atom. The molecule has 0 fully saturated rings. The smallest absolute Gasteiger partial charge is 0.263 e. The first-order chi connectivity index (χ1) is 14.7. The van der Waals surface area contributed by atoms with Crippen molar-refractivity contribution in [1.29, 1.82) is 5.26 Å². The monoisotopic (exact) mass is 484 g/mol. The van der Waals surface area contributed by atoms with E-state index in [2.05, 4.69) is 5.32 Å². The fraction of sp³-hybridized carbons (Fsp3) is 0.300. The van der Waals surface area contributed by atoms with Gasteiger partial charge in [0.1, 0.15) is 11.9 Å². The SMILES string of the molecule is CN(C)CCC(CSc1ccc(F)cc1)Nc1c(Cl)cc(S(=O)(=O)NC=O)cc1C#N. The van der Waals surface area contributed by atoms with Gasteiger partial charge in [-0.15, -0.1) is 11.8 Å². The minimum atomic E-state index is -4.10. The Hall–Kier alpha value is -2.32. The molecule has 0 aliphatic carbocycles. The average molecular weight is 485 g/mol. The third kappa shape index (κ3) is 7.40. The van der Waals surface area contributed by atoms with Crippen molar-refractivity contribution in [2.24, 2.45) is 0 Å². The topological polar surface area (TPSA) is 102 Å². The molecule has 1 atom stereocenters. The van der Waals surface area contributed by atoms with Gasteiger partial charge in [0.05, 0.1) is 21.2 Å². The van der Waals surface area contributed by atoms with Gasteiger partial charge in [0.15, 0.2) is 0 Å². The zero-order valence-electron chi connectivity index (χ0n) is 16.9. The highest BCUT2D eigenvalue weighted by atomic mass is 35.5. The number of benzene rings is 2. The highest BCUT2D eigenvalue weighted by Crippen LogP contribution is 2.31. The van der Waals surface area contributed by atoms with E-state index >= 15 is 0 Å². The van der Waals surface area contributed by atoms with Gasteiger partial charge in [-0.2, -0.15) is 5.26 Å². The van der Waals surface area contributed by atoms with Crippen LogP contribution in [-0.2, 0) is 14.8 Å². The van der Waals surface area contributed by atoms with E-state index in [1.54, 1.807) is 16.9 Å². The number of carbonyl (C=O) groups excluding carboxylic acids is 1. The summed E-state index contributed by atoms with van der Waals surface area (Å²) in [6.07, 6.45) is 0.764. The van der Waals surface area contributed by atoms with E-state index in [0.717, 1.165) is 23.9 Å². The first-order valence-corrected chi connectivity index (χ1v) is 12.0. The standard InChI is InChI=1S/C20H22ClFN4O3S2/c1-26(2)8-7-16(12-30-17-5-3-15(22)4-6-17)25-20-14(11-23)9-18(10-19(20)21)31(28,29)24-13-27/h3-6,9-10,13,16,25H,7-8,12H2,1-2H3,(H,24,27). The van der Waals surface area contributed by atoms with Crippen molar-refractivity contribution in [2.75, 3.05) is 31.7 Å². The largest absolute Gasteiger partial charge is 0.379 e. The van der Waals surface area contributed by atoms with Crippen molar-refractivity contribution in [2.45, 2.75) is 22.3 Å². The molecule has 2 N–H and O–H groups in total. The van der Waals surface area contributed by atoms with Gasteiger partial charge in [0.25, 0.3) is 10.0 Å². The maximum absolute atomic E-state index is 13.1. The van der Waals surface area contributed by atoms with Crippen LogP contribution in [0.5, 0.6) is 0 Å². The zero-order chi connectivity index (χ0) is 23.0. The second kappa shape index (κ2) is 11.3. The Morgan fingerprint density at radius 2 is 1.97 bits per heavy atom. The van der Waals surface area contributed by atoms with Crippen LogP contribution in [0.25, 0.3) is 0 Å². The molecule has 1 unspecified atom stereocenters. The number of thioether (sulfide) groups is 1. The summed E-state index contributed by atoms with van der Waals surface area (Å²) in [7, 11) is -0.221.